The van der Waals surface area contributed by atoms with Crippen molar-refractivity contribution in [1.82, 2.24) is 5.32 Å². The molecule has 0 heterocycles. The molecule has 0 bridgehead atoms. The topological polar surface area (TPSA) is 56.8 Å². The molecule has 0 aromatic heterocycles. The number of hydrogen-bond donors (Lipinski definition) is 1. The fourth-order valence-electron chi connectivity index (χ4n) is 4.32. The number of nitrogens with one attached hydrogen (secondary N) is 1. The minimum Gasteiger partial charge on any atom is -0.493 e. The van der Waals surface area contributed by atoms with E-state index in [0.29, 0.717) is 23.2 Å². The zero-order valence-corrected chi connectivity index (χ0v) is 17.1. The number of carbonyl (C=O) groups excluding carboxylic acids is 1. The number of ether oxygens (including phenoxy) is 3. The van der Waals surface area contributed by atoms with E-state index in [0.717, 1.165) is 32.1 Å². The minimum atomic E-state index is 0.127. The summed E-state index contributed by atoms with van der Waals surface area (Å²) in [7, 11) is 3.25. The van der Waals surface area contributed by atoms with Gasteiger partial charge in [-0.25, -0.2) is 0 Å². The number of hydrogen-bond acceptors (Lipinski definition) is 4. The van der Waals surface area contributed by atoms with Gasteiger partial charge in [-0.2, -0.15) is 0 Å². The van der Waals surface area contributed by atoms with Crippen molar-refractivity contribution in [3.8, 4) is 17.2 Å². The lowest BCUT2D eigenvalue weighted by Crippen LogP contribution is -2.40. The summed E-state index contributed by atoms with van der Waals surface area (Å²) in [5.74, 6) is 2.74. The molecule has 0 spiro atoms. The Kier molecular flexibility index (Phi) is 5.93. The quantitative estimate of drug-likeness (QED) is 0.759. The molecule has 0 saturated heterocycles. The normalized spacial score (nSPS) is 25.7. The first-order chi connectivity index (χ1) is 14.2. The van der Waals surface area contributed by atoms with E-state index in [-0.39, 0.29) is 24.0 Å². The Morgan fingerprint density at radius 1 is 0.897 bits per heavy atom. The van der Waals surface area contributed by atoms with Crippen molar-refractivity contribution in [3.63, 3.8) is 0 Å². The monoisotopic (exact) mass is 395 g/mol. The van der Waals surface area contributed by atoms with Crippen LogP contribution in [0.1, 0.15) is 43.6 Å². The van der Waals surface area contributed by atoms with Crippen LogP contribution in [0, 0.1) is 5.92 Å². The molecule has 5 nitrogen and oxygen atoms in total. The molecule has 4 rings (SSSR count). The number of amides is 1. The molecule has 0 unspecified atom stereocenters. The second-order valence-corrected chi connectivity index (χ2v) is 7.95. The molecule has 154 valence electrons. The van der Waals surface area contributed by atoms with Crippen LogP contribution in [0.3, 0.4) is 0 Å². The van der Waals surface area contributed by atoms with Crippen LogP contribution in [0.15, 0.2) is 48.5 Å². The van der Waals surface area contributed by atoms with Crippen LogP contribution < -0.4 is 19.5 Å². The lowest BCUT2D eigenvalue weighted by atomic mass is 9.92. The number of para-hydroxylation sites is 1. The lowest BCUT2D eigenvalue weighted by Gasteiger charge is -2.30. The van der Waals surface area contributed by atoms with Gasteiger partial charge in [0.25, 0.3) is 0 Å². The number of rotatable bonds is 7. The van der Waals surface area contributed by atoms with Gasteiger partial charge in [0, 0.05) is 12.0 Å². The highest BCUT2D eigenvalue weighted by Gasteiger charge is 2.44. The molecule has 2 aliphatic carbocycles. The molecular formula is C24H29NO4. The third-order valence-electron chi connectivity index (χ3n) is 6.04. The Morgan fingerprint density at radius 3 is 2.31 bits per heavy atom. The molecule has 2 fully saturated rings. The average molecular weight is 395 g/mol. The van der Waals surface area contributed by atoms with Gasteiger partial charge in [0.1, 0.15) is 0 Å². The van der Waals surface area contributed by atoms with Crippen LogP contribution in [0.4, 0.5) is 0 Å². The first-order valence-electron chi connectivity index (χ1n) is 10.4. The molecule has 5 heteroatoms. The summed E-state index contributed by atoms with van der Waals surface area (Å²) in [6.45, 7) is 0. The molecule has 0 radical (unpaired) electrons. The average Bonchev–Trinajstić information content (AvgIpc) is 3.57. The van der Waals surface area contributed by atoms with Gasteiger partial charge >= 0.3 is 0 Å². The predicted octanol–water partition coefficient (Wildman–Crippen LogP) is 4.31. The van der Waals surface area contributed by atoms with Gasteiger partial charge < -0.3 is 19.5 Å². The molecular weight excluding hydrogens is 366 g/mol. The van der Waals surface area contributed by atoms with E-state index in [2.05, 4.69) is 17.4 Å². The standard InChI is InChI=1S/C24H29NO4/c1-27-21-9-6-10-22(23(21)28-2)29-18-13-11-17(12-14-18)25-24(26)20-15-19(20)16-7-4-3-5-8-16/h3-10,17-20H,11-15H2,1-2H3,(H,25,26)/t17?,18?,19-,20+/m0/s1. The van der Waals surface area contributed by atoms with Gasteiger partial charge in [0.05, 0.1) is 20.3 Å². The SMILES string of the molecule is COc1cccc(OC2CCC(NC(=O)[C@@H]3C[C@H]3c3ccccc3)CC2)c1OC. The van der Waals surface area contributed by atoms with Crippen LogP contribution in [0.5, 0.6) is 17.2 Å². The summed E-state index contributed by atoms with van der Waals surface area (Å²) in [5.41, 5.74) is 1.27. The molecule has 2 aliphatic rings. The molecule has 1 amide bonds. The van der Waals surface area contributed by atoms with Crippen molar-refractivity contribution >= 4 is 5.91 Å². The Bertz CT molecular complexity index is 830. The number of carbonyl (C=O) groups is 1. The summed E-state index contributed by atoms with van der Waals surface area (Å²) in [6.07, 6.45) is 4.79. The Labute approximate surface area is 172 Å². The van der Waals surface area contributed by atoms with Crippen molar-refractivity contribution in [2.75, 3.05) is 14.2 Å². The third-order valence-corrected chi connectivity index (χ3v) is 6.04. The van der Waals surface area contributed by atoms with Gasteiger partial charge in [-0.15, -0.1) is 0 Å². The van der Waals surface area contributed by atoms with Crippen LogP contribution in [0.2, 0.25) is 0 Å². The van der Waals surface area contributed by atoms with Gasteiger partial charge in [-0.05, 0) is 55.7 Å². The number of methoxy groups -OCH3 is 2. The van der Waals surface area contributed by atoms with E-state index >= 15 is 0 Å². The van der Waals surface area contributed by atoms with Crippen molar-refractivity contribution in [2.45, 2.75) is 50.2 Å². The van der Waals surface area contributed by atoms with Crippen LogP contribution in [-0.4, -0.2) is 32.3 Å². The minimum absolute atomic E-state index is 0.127. The van der Waals surface area contributed by atoms with E-state index in [4.69, 9.17) is 14.2 Å². The lowest BCUT2D eigenvalue weighted by molar-refractivity contribution is -0.123. The maximum absolute atomic E-state index is 12.6. The summed E-state index contributed by atoms with van der Waals surface area (Å²) < 4.78 is 17.0. The summed E-state index contributed by atoms with van der Waals surface area (Å²) >= 11 is 0. The Balaban J connectivity index is 1.26. The van der Waals surface area contributed by atoms with Crippen LogP contribution in [0.25, 0.3) is 0 Å². The highest BCUT2D eigenvalue weighted by Crippen LogP contribution is 2.47. The zero-order chi connectivity index (χ0) is 20.2. The van der Waals surface area contributed by atoms with E-state index in [9.17, 15) is 4.79 Å². The van der Waals surface area contributed by atoms with Gasteiger partial charge in [-0.3, -0.25) is 4.79 Å². The van der Waals surface area contributed by atoms with E-state index < -0.39 is 0 Å². The van der Waals surface area contributed by atoms with Crippen molar-refractivity contribution < 1.29 is 19.0 Å². The first kappa shape index (κ1) is 19.6. The Morgan fingerprint density at radius 2 is 1.62 bits per heavy atom. The van der Waals surface area contributed by atoms with E-state index in [1.807, 2.05) is 36.4 Å². The fraction of sp³-hybridized carbons (Fsp3) is 0.458. The molecule has 2 aromatic carbocycles. The molecule has 0 aliphatic heterocycles. The van der Waals surface area contributed by atoms with Crippen molar-refractivity contribution in [1.29, 1.82) is 0 Å². The van der Waals surface area contributed by atoms with Gasteiger partial charge in [0.2, 0.25) is 11.7 Å². The van der Waals surface area contributed by atoms with Crippen molar-refractivity contribution in [2.24, 2.45) is 5.92 Å². The summed E-state index contributed by atoms with van der Waals surface area (Å²) in [6, 6.07) is 16.3. The molecule has 29 heavy (non-hydrogen) atoms. The van der Waals surface area contributed by atoms with Crippen LogP contribution >= 0.6 is 0 Å². The highest BCUT2D eigenvalue weighted by atomic mass is 16.5. The third kappa shape index (κ3) is 4.50. The Hall–Kier alpha value is -2.69. The van der Waals surface area contributed by atoms with E-state index in [1.54, 1.807) is 14.2 Å². The molecule has 2 aromatic rings. The highest BCUT2D eigenvalue weighted by molar-refractivity contribution is 5.83. The maximum Gasteiger partial charge on any atom is 0.223 e. The van der Waals surface area contributed by atoms with Crippen LogP contribution in [-0.2, 0) is 4.79 Å². The van der Waals surface area contributed by atoms with Gasteiger partial charge in [0.15, 0.2) is 11.5 Å². The summed E-state index contributed by atoms with van der Waals surface area (Å²) in [4.78, 5) is 12.6. The molecule has 1 N–H and O–H groups in total. The fourth-order valence-corrected chi connectivity index (χ4v) is 4.32. The number of benzene rings is 2. The summed E-state index contributed by atoms with van der Waals surface area (Å²) in [5, 5.41) is 3.27. The zero-order valence-electron chi connectivity index (χ0n) is 17.1. The van der Waals surface area contributed by atoms with Crippen molar-refractivity contribution in [3.05, 3.63) is 54.1 Å². The van der Waals surface area contributed by atoms with E-state index in [1.165, 1.54) is 5.56 Å². The second-order valence-electron chi connectivity index (χ2n) is 7.95. The maximum atomic E-state index is 12.6. The van der Waals surface area contributed by atoms with Gasteiger partial charge in [-0.1, -0.05) is 36.4 Å². The smallest absolute Gasteiger partial charge is 0.223 e. The second kappa shape index (κ2) is 8.76. The molecule has 2 saturated carbocycles. The largest absolute Gasteiger partial charge is 0.493 e. The predicted molar refractivity (Wildman–Crippen MR) is 112 cm³/mol. The molecule has 2 atom stereocenters. The first-order valence-corrected chi connectivity index (χ1v) is 10.4.